The van der Waals surface area contributed by atoms with E-state index < -0.39 is 92.0 Å². The molecule has 1 aromatic carbocycles. The van der Waals surface area contributed by atoms with E-state index in [9.17, 15) is 44.4 Å². The number of nitrogens with zero attached hydrogens (tertiary/aromatic N) is 1. The first kappa shape index (κ1) is 33.1. The molecule has 1 rings (SSSR count). The molecular formula is C24H35N5O10. The summed E-state index contributed by atoms with van der Waals surface area (Å²) in [5.74, 6) is -5.26. The number of hydrogen-bond donors (Lipinski definition) is 9. The zero-order valence-electron chi connectivity index (χ0n) is 21.1. The predicted molar refractivity (Wildman–Crippen MR) is 135 cm³/mol. The number of nitrogens with one attached hydrogen (secondary N) is 2. The van der Waals surface area contributed by atoms with E-state index >= 15 is 0 Å². The largest absolute Gasteiger partial charge is 0.481 e. The van der Waals surface area contributed by atoms with Crippen molar-refractivity contribution in [2.75, 3.05) is 19.7 Å². The Labute approximate surface area is 224 Å². The van der Waals surface area contributed by atoms with Crippen molar-refractivity contribution in [3.63, 3.8) is 0 Å². The minimum absolute atomic E-state index is 0.200. The molecule has 4 amide bonds. The summed E-state index contributed by atoms with van der Waals surface area (Å²) in [6.07, 6.45) is -6.67. The SMILES string of the molecule is C=CCN(C(=O)CN)[C@@H](CC(N)=O)C(=O)N[C@@H](CO)[C@@H](O)[C@@H](O)[C@H](O)C(=O)N[C@@H](CC(=O)O)c1ccccc1. The van der Waals surface area contributed by atoms with E-state index in [1.54, 1.807) is 18.2 Å². The zero-order valence-corrected chi connectivity index (χ0v) is 21.1. The molecular weight excluding hydrogens is 518 g/mol. The molecule has 15 heteroatoms. The first-order valence-corrected chi connectivity index (χ1v) is 11.8. The molecule has 0 saturated carbocycles. The third-order valence-electron chi connectivity index (χ3n) is 5.67. The molecule has 0 bridgehead atoms. The number of aliphatic carboxylic acids is 1. The van der Waals surface area contributed by atoms with Gasteiger partial charge in [-0.3, -0.25) is 24.0 Å². The molecule has 11 N–H and O–H groups in total. The minimum atomic E-state index is -2.32. The maximum absolute atomic E-state index is 12.9. The highest BCUT2D eigenvalue weighted by atomic mass is 16.4. The van der Waals surface area contributed by atoms with Crippen LogP contribution < -0.4 is 22.1 Å². The van der Waals surface area contributed by atoms with E-state index in [0.29, 0.717) is 5.56 Å². The van der Waals surface area contributed by atoms with Crippen molar-refractivity contribution in [1.29, 1.82) is 0 Å². The van der Waals surface area contributed by atoms with Gasteiger partial charge in [0.15, 0.2) is 6.10 Å². The number of hydrogen-bond acceptors (Lipinski definition) is 10. The third kappa shape index (κ3) is 10.1. The number of rotatable bonds is 17. The quantitative estimate of drug-likeness (QED) is 0.0841. The number of primary amides is 1. The van der Waals surface area contributed by atoms with Gasteiger partial charge >= 0.3 is 5.97 Å². The van der Waals surface area contributed by atoms with Crippen LogP contribution in [0.3, 0.4) is 0 Å². The van der Waals surface area contributed by atoms with Crippen molar-refractivity contribution in [2.24, 2.45) is 11.5 Å². The Hall–Kier alpha value is -3.89. The number of carbonyl (C=O) groups is 5. The molecule has 1 aromatic rings. The molecule has 6 atom stereocenters. The number of nitrogens with two attached hydrogens (primary N) is 2. The Balaban J connectivity index is 3.05. The van der Waals surface area contributed by atoms with Gasteiger partial charge in [-0.15, -0.1) is 6.58 Å². The maximum atomic E-state index is 12.9. The highest BCUT2D eigenvalue weighted by molar-refractivity contribution is 5.92. The summed E-state index contributed by atoms with van der Waals surface area (Å²) in [5.41, 5.74) is 11.0. The van der Waals surface area contributed by atoms with Gasteiger partial charge in [-0.25, -0.2) is 0 Å². The lowest BCUT2D eigenvalue weighted by Crippen LogP contribution is -2.60. The number of carboxylic acids is 1. The molecule has 0 heterocycles. The average molecular weight is 554 g/mol. The summed E-state index contributed by atoms with van der Waals surface area (Å²) in [4.78, 5) is 61.4. The van der Waals surface area contributed by atoms with Gasteiger partial charge in [0.2, 0.25) is 17.7 Å². The van der Waals surface area contributed by atoms with Crippen molar-refractivity contribution >= 4 is 29.6 Å². The minimum Gasteiger partial charge on any atom is -0.481 e. The fourth-order valence-electron chi connectivity index (χ4n) is 3.66. The summed E-state index contributed by atoms with van der Waals surface area (Å²) in [7, 11) is 0. The van der Waals surface area contributed by atoms with Gasteiger partial charge in [0.1, 0.15) is 18.2 Å². The van der Waals surface area contributed by atoms with E-state index in [-0.39, 0.29) is 6.54 Å². The van der Waals surface area contributed by atoms with Crippen LogP contribution in [-0.4, -0.2) is 110 Å². The lowest BCUT2D eigenvalue weighted by atomic mass is 9.98. The van der Waals surface area contributed by atoms with Gasteiger partial charge in [0, 0.05) is 6.54 Å². The summed E-state index contributed by atoms with van der Waals surface area (Å²) in [6, 6.07) is 3.64. The van der Waals surface area contributed by atoms with E-state index in [4.69, 9.17) is 16.6 Å². The maximum Gasteiger partial charge on any atom is 0.305 e. The first-order chi connectivity index (χ1) is 18.4. The Kier molecular flexibility index (Phi) is 13.7. The van der Waals surface area contributed by atoms with E-state index in [1.165, 1.54) is 18.2 Å². The first-order valence-electron chi connectivity index (χ1n) is 11.8. The summed E-state index contributed by atoms with van der Waals surface area (Å²) in [5, 5.41) is 54.7. The van der Waals surface area contributed by atoms with Gasteiger partial charge in [0.05, 0.1) is 38.1 Å². The normalized spacial score (nSPS) is 15.5. The second-order valence-corrected chi connectivity index (χ2v) is 8.52. The summed E-state index contributed by atoms with van der Waals surface area (Å²) >= 11 is 0. The lowest BCUT2D eigenvalue weighted by molar-refractivity contribution is -0.147. The van der Waals surface area contributed by atoms with Gasteiger partial charge in [0.25, 0.3) is 5.91 Å². The molecule has 39 heavy (non-hydrogen) atoms. The van der Waals surface area contributed by atoms with Crippen LogP contribution in [0.5, 0.6) is 0 Å². The van der Waals surface area contributed by atoms with Crippen LogP contribution >= 0.6 is 0 Å². The fraction of sp³-hybridized carbons (Fsp3) is 0.458. The highest BCUT2D eigenvalue weighted by Gasteiger charge is 2.38. The number of benzene rings is 1. The lowest BCUT2D eigenvalue weighted by Gasteiger charge is -2.33. The number of amides is 4. The third-order valence-corrected chi connectivity index (χ3v) is 5.67. The Morgan fingerprint density at radius 3 is 2.08 bits per heavy atom. The second kappa shape index (κ2) is 16.2. The van der Waals surface area contributed by atoms with Gasteiger partial charge < -0.3 is 52.5 Å². The number of carboxylic acid groups (broad SMARTS) is 1. The topological polar surface area (TPSA) is 266 Å². The van der Waals surface area contributed by atoms with Gasteiger partial charge in [-0.05, 0) is 5.56 Å². The van der Waals surface area contributed by atoms with Gasteiger partial charge in [-0.1, -0.05) is 36.4 Å². The van der Waals surface area contributed by atoms with Crippen molar-refractivity contribution < 1.29 is 49.5 Å². The van der Waals surface area contributed by atoms with Crippen LogP contribution in [0.25, 0.3) is 0 Å². The summed E-state index contributed by atoms with van der Waals surface area (Å²) < 4.78 is 0. The fourth-order valence-corrected chi connectivity index (χ4v) is 3.66. The monoisotopic (exact) mass is 553 g/mol. The Morgan fingerprint density at radius 1 is 0.974 bits per heavy atom. The molecule has 0 unspecified atom stereocenters. The van der Waals surface area contributed by atoms with Crippen LogP contribution in [0.4, 0.5) is 0 Å². The summed E-state index contributed by atoms with van der Waals surface area (Å²) in [6.45, 7) is 1.74. The smallest absolute Gasteiger partial charge is 0.305 e. The van der Waals surface area contributed by atoms with E-state index in [0.717, 1.165) is 4.90 Å². The highest BCUT2D eigenvalue weighted by Crippen LogP contribution is 2.18. The van der Waals surface area contributed by atoms with Crippen molar-refractivity contribution in [3.05, 3.63) is 48.6 Å². The zero-order chi connectivity index (χ0) is 29.7. The standard InChI is InChI=1S/C24H35N5O10/c1-2-8-29(18(32)11-25)16(10-17(26)31)23(38)28-15(12-30)20(35)21(36)22(37)24(39)27-14(9-19(33)34)13-6-4-3-5-7-13/h2-7,14-16,20-22,30,35-37H,1,8-12,25H2,(H2,26,31)(H,27,39)(H,28,38)(H,33,34)/t14-,15-,16-,20+,21+,22-/m0/s1. The van der Waals surface area contributed by atoms with Crippen LogP contribution in [0.15, 0.2) is 43.0 Å². The number of aliphatic hydroxyl groups is 4. The van der Waals surface area contributed by atoms with Crippen LogP contribution in [0.1, 0.15) is 24.4 Å². The van der Waals surface area contributed by atoms with Crippen molar-refractivity contribution in [2.45, 2.75) is 49.3 Å². The molecule has 0 radical (unpaired) electrons. The molecule has 0 fully saturated rings. The molecule has 15 nitrogen and oxygen atoms in total. The van der Waals surface area contributed by atoms with E-state index in [2.05, 4.69) is 17.2 Å². The molecule has 0 aromatic heterocycles. The predicted octanol–water partition coefficient (Wildman–Crippen LogP) is -3.90. The van der Waals surface area contributed by atoms with Crippen LogP contribution in [0.2, 0.25) is 0 Å². The van der Waals surface area contributed by atoms with Crippen molar-refractivity contribution in [3.8, 4) is 0 Å². The average Bonchev–Trinajstić information content (AvgIpc) is 2.91. The molecule has 0 aliphatic heterocycles. The Bertz CT molecular complexity index is 1010. The van der Waals surface area contributed by atoms with Gasteiger partial charge in [-0.2, -0.15) is 0 Å². The van der Waals surface area contributed by atoms with Crippen LogP contribution in [0, 0.1) is 0 Å². The van der Waals surface area contributed by atoms with Crippen molar-refractivity contribution in [1.82, 2.24) is 15.5 Å². The molecule has 0 aliphatic rings. The molecule has 0 spiro atoms. The molecule has 0 saturated heterocycles. The second-order valence-electron chi connectivity index (χ2n) is 8.52. The molecule has 0 aliphatic carbocycles. The number of aliphatic hydroxyl groups excluding tert-OH is 4. The Morgan fingerprint density at radius 2 is 1.59 bits per heavy atom. The van der Waals surface area contributed by atoms with E-state index in [1.807, 2.05) is 0 Å². The van der Waals surface area contributed by atoms with Crippen LogP contribution in [-0.2, 0) is 24.0 Å². The number of carbonyl (C=O) groups excluding carboxylic acids is 4. The molecule has 216 valence electrons.